The van der Waals surface area contributed by atoms with Gasteiger partial charge in [-0.2, -0.15) is 0 Å². The topological polar surface area (TPSA) is 9.23 Å². The molecule has 1 nitrogen and oxygen atoms in total. The van der Waals surface area contributed by atoms with E-state index in [1.165, 1.54) is 16.7 Å². The Hall–Kier alpha value is -1.02. The van der Waals surface area contributed by atoms with E-state index in [0.717, 1.165) is 5.75 Å². The number of ether oxygens (including phenoxy) is 1. The van der Waals surface area contributed by atoms with Crippen LogP contribution < -0.4 is 4.74 Å². The third-order valence-corrected chi connectivity index (χ3v) is 3.82. The molecule has 0 radical (unpaired) electrons. The maximum atomic E-state index is 5.27. The summed E-state index contributed by atoms with van der Waals surface area (Å²) in [6.45, 7) is 11.4. The van der Waals surface area contributed by atoms with E-state index in [1.54, 1.807) is 7.11 Å². The second-order valence-corrected chi connectivity index (χ2v) is 10.4. The van der Waals surface area contributed by atoms with Crippen molar-refractivity contribution in [3.8, 4) is 5.75 Å². The third kappa shape index (κ3) is 3.53. The van der Waals surface area contributed by atoms with Crippen LogP contribution in [0.1, 0.15) is 18.1 Å². The van der Waals surface area contributed by atoms with Crippen LogP contribution in [0.2, 0.25) is 19.6 Å². The predicted octanol–water partition coefficient (Wildman–Crippen LogP) is 4.28. The Morgan fingerprint density at radius 2 is 1.88 bits per heavy atom. The van der Waals surface area contributed by atoms with Gasteiger partial charge in [0.2, 0.25) is 0 Å². The Morgan fingerprint density at radius 3 is 2.38 bits per heavy atom. The lowest BCUT2D eigenvalue weighted by molar-refractivity contribution is 0.414. The first kappa shape index (κ1) is 13.0. The molecule has 0 fully saturated rings. The van der Waals surface area contributed by atoms with Gasteiger partial charge in [-0.15, -0.1) is 0 Å². The zero-order chi connectivity index (χ0) is 12.3. The van der Waals surface area contributed by atoms with Crippen LogP contribution in [0, 0.1) is 6.92 Å². The Kier molecular flexibility index (Phi) is 3.97. The van der Waals surface area contributed by atoms with E-state index in [4.69, 9.17) is 4.74 Å². The number of methoxy groups -OCH3 is 1. The highest BCUT2D eigenvalue weighted by molar-refractivity contribution is 6.81. The van der Waals surface area contributed by atoms with Crippen molar-refractivity contribution in [2.45, 2.75) is 33.5 Å². The van der Waals surface area contributed by atoms with E-state index in [1.807, 2.05) is 6.07 Å². The normalized spacial score (nSPS) is 12.8. The summed E-state index contributed by atoms with van der Waals surface area (Å²) in [7, 11) is 0.558. The molecule has 1 aromatic carbocycles. The molecule has 88 valence electrons. The molecule has 0 aliphatic rings. The lowest BCUT2D eigenvalue weighted by Gasteiger charge is -2.14. The van der Waals surface area contributed by atoms with Gasteiger partial charge in [0.1, 0.15) is 5.75 Å². The number of hydrogen-bond donors (Lipinski definition) is 0. The fraction of sp³-hybridized carbons (Fsp3) is 0.429. The molecule has 0 aliphatic carbocycles. The van der Waals surface area contributed by atoms with Gasteiger partial charge >= 0.3 is 0 Å². The van der Waals surface area contributed by atoms with Gasteiger partial charge in [0.25, 0.3) is 0 Å². The summed E-state index contributed by atoms with van der Waals surface area (Å²) >= 11 is 0. The van der Waals surface area contributed by atoms with Crippen LogP contribution in [0.15, 0.2) is 23.9 Å². The molecular weight excluding hydrogens is 212 g/mol. The molecular formula is C14H22OSi. The third-order valence-electron chi connectivity index (χ3n) is 2.52. The van der Waals surface area contributed by atoms with Gasteiger partial charge in [0, 0.05) is 0 Å². The Bertz CT molecular complexity index is 400. The van der Waals surface area contributed by atoms with Gasteiger partial charge in [-0.1, -0.05) is 37.0 Å². The van der Waals surface area contributed by atoms with Crippen molar-refractivity contribution >= 4 is 13.6 Å². The summed E-state index contributed by atoms with van der Waals surface area (Å²) in [5, 5.41) is 0. The Labute approximate surface area is 100 Å². The summed E-state index contributed by atoms with van der Waals surface area (Å²) in [4.78, 5) is 0. The molecule has 0 spiro atoms. The average Bonchev–Trinajstić information content (AvgIpc) is 2.15. The van der Waals surface area contributed by atoms with Gasteiger partial charge in [-0.25, -0.2) is 0 Å². The largest absolute Gasteiger partial charge is 0.497 e. The van der Waals surface area contributed by atoms with Crippen molar-refractivity contribution < 1.29 is 4.74 Å². The quantitative estimate of drug-likeness (QED) is 0.709. The Balaban J connectivity index is 3.17. The summed E-state index contributed by atoms with van der Waals surface area (Å²) in [5.41, 5.74) is 6.43. The molecule has 1 rings (SSSR count). The molecule has 0 aromatic heterocycles. The van der Waals surface area contributed by atoms with Crippen molar-refractivity contribution in [3.63, 3.8) is 0 Å². The van der Waals surface area contributed by atoms with Crippen molar-refractivity contribution in [1.29, 1.82) is 0 Å². The molecule has 0 amide bonds. The van der Waals surface area contributed by atoms with Crippen LogP contribution in [-0.4, -0.2) is 15.2 Å². The lowest BCUT2D eigenvalue weighted by Crippen LogP contribution is -2.16. The molecule has 0 atom stereocenters. The minimum atomic E-state index is -1.16. The van der Waals surface area contributed by atoms with Gasteiger partial charge in [-0.3, -0.25) is 0 Å². The fourth-order valence-corrected chi connectivity index (χ4v) is 3.33. The highest BCUT2D eigenvalue weighted by Gasteiger charge is 2.11. The minimum Gasteiger partial charge on any atom is -0.497 e. The maximum absolute atomic E-state index is 5.27. The van der Waals surface area contributed by atoms with E-state index in [2.05, 4.69) is 51.3 Å². The van der Waals surface area contributed by atoms with Crippen molar-refractivity contribution in [3.05, 3.63) is 35.0 Å². The molecule has 0 saturated carbocycles. The van der Waals surface area contributed by atoms with Crippen LogP contribution in [0.5, 0.6) is 5.75 Å². The number of aryl methyl sites for hydroxylation is 1. The highest BCUT2D eigenvalue weighted by atomic mass is 28.3. The van der Waals surface area contributed by atoms with E-state index in [9.17, 15) is 0 Å². The molecule has 2 heteroatoms. The number of rotatable bonds is 3. The van der Waals surface area contributed by atoms with E-state index < -0.39 is 8.07 Å². The molecule has 16 heavy (non-hydrogen) atoms. The molecule has 0 unspecified atom stereocenters. The van der Waals surface area contributed by atoms with Gasteiger partial charge in [0.05, 0.1) is 15.2 Å². The standard InChI is InChI=1S/C14H22OSi/c1-11-7-8-13(15-3)9-14(11)12(2)10-16(4,5)6/h7-10H,1-6H3. The van der Waals surface area contributed by atoms with Crippen molar-refractivity contribution in [2.24, 2.45) is 0 Å². The average molecular weight is 234 g/mol. The maximum Gasteiger partial charge on any atom is 0.119 e. The Morgan fingerprint density at radius 1 is 1.25 bits per heavy atom. The smallest absolute Gasteiger partial charge is 0.119 e. The van der Waals surface area contributed by atoms with E-state index in [-0.39, 0.29) is 0 Å². The van der Waals surface area contributed by atoms with Crippen LogP contribution >= 0.6 is 0 Å². The number of benzene rings is 1. The van der Waals surface area contributed by atoms with E-state index >= 15 is 0 Å². The van der Waals surface area contributed by atoms with Gasteiger partial charge < -0.3 is 4.74 Å². The summed E-state index contributed by atoms with van der Waals surface area (Å²) < 4.78 is 5.27. The second-order valence-electron chi connectivity index (χ2n) is 5.37. The zero-order valence-corrected chi connectivity index (χ0v) is 12.2. The number of allylic oxidation sites excluding steroid dienone is 1. The zero-order valence-electron chi connectivity index (χ0n) is 11.2. The molecule has 1 aromatic rings. The van der Waals surface area contributed by atoms with Crippen LogP contribution in [0.25, 0.3) is 5.57 Å². The first-order valence-corrected chi connectivity index (χ1v) is 9.26. The first-order chi connectivity index (χ1) is 7.33. The predicted molar refractivity (Wildman–Crippen MR) is 74.7 cm³/mol. The first-order valence-electron chi connectivity index (χ1n) is 5.68. The van der Waals surface area contributed by atoms with Gasteiger partial charge in [-0.05, 0) is 37.1 Å². The summed E-state index contributed by atoms with van der Waals surface area (Å²) in [6, 6.07) is 6.26. The monoisotopic (exact) mass is 234 g/mol. The van der Waals surface area contributed by atoms with Crippen molar-refractivity contribution in [2.75, 3.05) is 7.11 Å². The van der Waals surface area contributed by atoms with Gasteiger partial charge in [0.15, 0.2) is 0 Å². The number of hydrogen-bond acceptors (Lipinski definition) is 1. The molecule has 0 heterocycles. The summed E-state index contributed by atoms with van der Waals surface area (Å²) in [5.74, 6) is 0.934. The van der Waals surface area contributed by atoms with Crippen LogP contribution in [0.3, 0.4) is 0 Å². The van der Waals surface area contributed by atoms with Crippen LogP contribution in [-0.2, 0) is 0 Å². The van der Waals surface area contributed by atoms with E-state index in [0.29, 0.717) is 0 Å². The lowest BCUT2D eigenvalue weighted by atomic mass is 10.0. The fourth-order valence-electron chi connectivity index (χ4n) is 1.88. The van der Waals surface area contributed by atoms with Crippen molar-refractivity contribution in [1.82, 2.24) is 0 Å². The van der Waals surface area contributed by atoms with Crippen LogP contribution in [0.4, 0.5) is 0 Å². The second kappa shape index (κ2) is 4.87. The highest BCUT2D eigenvalue weighted by Crippen LogP contribution is 2.25. The molecule has 0 saturated heterocycles. The minimum absolute atomic E-state index is 0.934. The summed E-state index contributed by atoms with van der Waals surface area (Å²) in [6.07, 6.45) is 0. The SMILES string of the molecule is COc1ccc(C)c(C(C)=C[Si](C)(C)C)c1. The molecule has 0 bridgehead atoms. The molecule has 0 aliphatic heterocycles. The molecule has 0 N–H and O–H groups in total.